The quantitative estimate of drug-likeness (QED) is 0.860. The van der Waals surface area contributed by atoms with Crippen LogP contribution in [0.4, 0.5) is 0 Å². The maximum atomic E-state index is 13.0. The molecule has 0 spiro atoms. The Balaban J connectivity index is 2.36. The third-order valence-electron chi connectivity index (χ3n) is 4.19. The highest BCUT2D eigenvalue weighted by Gasteiger charge is 2.34. The molecule has 1 aliphatic heterocycles. The average Bonchev–Trinajstić information content (AvgIpc) is 2.54. The van der Waals surface area contributed by atoms with Crippen molar-refractivity contribution in [3.05, 3.63) is 73.4 Å². The van der Waals surface area contributed by atoms with Crippen LogP contribution in [0.3, 0.4) is 0 Å². The third-order valence-corrected chi connectivity index (χ3v) is 4.68. The lowest BCUT2D eigenvalue weighted by molar-refractivity contribution is 0.388. The molecule has 3 rings (SSSR count). The van der Waals surface area contributed by atoms with Gasteiger partial charge in [0.2, 0.25) is 5.88 Å². The third kappa shape index (κ3) is 2.51. The first-order valence-corrected chi connectivity index (χ1v) is 8.34. The second kappa shape index (κ2) is 6.17. The van der Waals surface area contributed by atoms with Crippen LogP contribution in [0.25, 0.3) is 0 Å². The first kappa shape index (κ1) is 16.3. The van der Waals surface area contributed by atoms with Gasteiger partial charge in [0, 0.05) is 22.8 Å². The summed E-state index contributed by atoms with van der Waals surface area (Å²) >= 11 is 3.44. The van der Waals surface area contributed by atoms with Crippen LogP contribution in [0, 0.1) is 18.3 Å². The van der Waals surface area contributed by atoms with E-state index in [1.54, 1.807) is 10.6 Å². The number of aryl methyl sites for hydroxylation is 1. The normalized spacial score (nSPS) is 16.3. The molecule has 2 aromatic rings. The van der Waals surface area contributed by atoms with Crippen LogP contribution in [-0.2, 0) is 6.54 Å². The van der Waals surface area contributed by atoms with Crippen LogP contribution in [0.1, 0.15) is 29.7 Å². The van der Waals surface area contributed by atoms with Gasteiger partial charge in [-0.25, -0.2) is 0 Å². The maximum Gasteiger partial charge on any atom is 0.258 e. The van der Waals surface area contributed by atoms with Crippen LogP contribution in [-0.4, -0.2) is 4.57 Å². The summed E-state index contributed by atoms with van der Waals surface area (Å²) in [6.45, 7) is 4.31. The predicted octanol–water partition coefficient (Wildman–Crippen LogP) is 3.16. The van der Waals surface area contributed by atoms with Gasteiger partial charge in [0.1, 0.15) is 17.4 Å². The number of allylic oxidation sites excluding steroid dienone is 1. The van der Waals surface area contributed by atoms with Gasteiger partial charge in [-0.2, -0.15) is 5.26 Å². The number of fused-ring (bicyclic) bond motifs is 1. The topological polar surface area (TPSA) is 81.0 Å². The number of benzene rings is 1. The number of hydrogen-bond acceptors (Lipinski definition) is 4. The largest absolute Gasteiger partial charge is 0.440 e. The number of halogens is 1. The van der Waals surface area contributed by atoms with E-state index >= 15 is 0 Å². The minimum absolute atomic E-state index is 0.0445. The minimum atomic E-state index is -0.540. The molecule has 0 radical (unpaired) electrons. The lowest BCUT2D eigenvalue weighted by Crippen LogP contribution is -2.32. The van der Waals surface area contributed by atoms with Crippen molar-refractivity contribution in [2.75, 3.05) is 0 Å². The van der Waals surface area contributed by atoms with Crippen LogP contribution < -0.4 is 16.0 Å². The molecule has 1 aliphatic rings. The summed E-state index contributed by atoms with van der Waals surface area (Å²) in [5.74, 6) is -0.0751. The van der Waals surface area contributed by atoms with Crippen molar-refractivity contribution < 1.29 is 4.74 Å². The predicted molar refractivity (Wildman–Crippen MR) is 94.6 cm³/mol. The van der Waals surface area contributed by atoms with Gasteiger partial charge in [0.05, 0.1) is 11.5 Å². The Morgan fingerprint density at radius 3 is 2.79 bits per heavy atom. The molecule has 0 aliphatic carbocycles. The van der Waals surface area contributed by atoms with Crippen molar-refractivity contribution in [1.29, 1.82) is 5.26 Å². The summed E-state index contributed by atoms with van der Waals surface area (Å²) in [6, 6.07) is 11.4. The molecule has 0 saturated carbocycles. The van der Waals surface area contributed by atoms with Crippen LogP contribution >= 0.6 is 15.9 Å². The van der Waals surface area contributed by atoms with Crippen LogP contribution in [0.5, 0.6) is 5.75 Å². The summed E-state index contributed by atoms with van der Waals surface area (Å²) in [7, 11) is 0. The van der Waals surface area contributed by atoms with Crippen molar-refractivity contribution >= 4 is 15.9 Å². The van der Waals surface area contributed by atoms with Crippen molar-refractivity contribution in [2.24, 2.45) is 5.73 Å². The Morgan fingerprint density at radius 1 is 1.42 bits per heavy atom. The molecule has 1 atom stereocenters. The van der Waals surface area contributed by atoms with Gasteiger partial charge in [-0.3, -0.25) is 4.79 Å². The molecule has 1 aromatic carbocycles. The molecule has 0 bridgehead atoms. The number of ether oxygens (including phenoxy) is 1. The number of pyridine rings is 1. The molecule has 6 heteroatoms. The van der Waals surface area contributed by atoms with Gasteiger partial charge in [-0.1, -0.05) is 28.1 Å². The second-order valence-corrected chi connectivity index (χ2v) is 6.51. The highest BCUT2D eigenvalue weighted by atomic mass is 79.9. The van der Waals surface area contributed by atoms with Gasteiger partial charge in [0.25, 0.3) is 5.56 Å². The smallest absolute Gasteiger partial charge is 0.258 e. The molecular formula is C18H16BrN3O2. The minimum Gasteiger partial charge on any atom is -0.440 e. The molecule has 122 valence electrons. The Labute approximate surface area is 148 Å². The van der Waals surface area contributed by atoms with E-state index in [0.29, 0.717) is 17.9 Å². The maximum absolute atomic E-state index is 13.0. The number of nitriles is 1. The Kier molecular flexibility index (Phi) is 4.20. The van der Waals surface area contributed by atoms with E-state index in [1.807, 2.05) is 38.1 Å². The van der Waals surface area contributed by atoms with Gasteiger partial charge in [-0.15, -0.1) is 0 Å². The summed E-state index contributed by atoms with van der Waals surface area (Å²) in [6.07, 6.45) is 0. The van der Waals surface area contributed by atoms with Crippen molar-refractivity contribution in [3.8, 4) is 11.8 Å². The van der Waals surface area contributed by atoms with Crippen molar-refractivity contribution in [2.45, 2.75) is 26.3 Å². The first-order valence-electron chi connectivity index (χ1n) is 7.55. The molecule has 0 saturated heterocycles. The molecule has 2 N–H and O–H groups in total. The van der Waals surface area contributed by atoms with Gasteiger partial charge >= 0.3 is 0 Å². The van der Waals surface area contributed by atoms with Gasteiger partial charge in [-0.05, 0) is 31.5 Å². The molecule has 2 heterocycles. The zero-order valence-electron chi connectivity index (χ0n) is 13.3. The lowest BCUT2D eigenvalue weighted by atomic mass is 9.84. The fraction of sp³-hybridized carbons (Fsp3) is 0.222. The molecule has 0 unspecified atom stereocenters. The summed E-state index contributed by atoms with van der Waals surface area (Å²) < 4.78 is 8.13. The zero-order valence-corrected chi connectivity index (χ0v) is 14.9. The lowest BCUT2D eigenvalue weighted by Gasteiger charge is -2.27. The fourth-order valence-electron chi connectivity index (χ4n) is 3.10. The summed E-state index contributed by atoms with van der Waals surface area (Å²) in [4.78, 5) is 13.0. The monoisotopic (exact) mass is 385 g/mol. The Hall–Kier alpha value is -2.52. The standard InChI is InChI=1S/C18H16BrN3O2/c1-3-22-10(2)7-14-16(18(22)23)15(13(9-20)17(21)24-14)11-5-4-6-12(19)8-11/h4-8,15H,3,21H2,1-2H3/t15-/m1/s1. The SMILES string of the molecule is CCn1c(C)cc2c(c1=O)[C@H](c1cccc(Br)c1)C(C#N)=C(N)O2. The molecule has 5 nitrogen and oxygen atoms in total. The van der Waals surface area contributed by atoms with Crippen LogP contribution in [0.2, 0.25) is 0 Å². The van der Waals surface area contributed by atoms with E-state index < -0.39 is 5.92 Å². The summed E-state index contributed by atoms with van der Waals surface area (Å²) in [5, 5.41) is 9.57. The molecule has 1 aromatic heterocycles. The van der Waals surface area contributed by atoms with Crippen molar-refractivity contribution in [3.63, 3.8) is 0 Å². The number of hydrogen-bond donors (Lipinski definition) is 1. The Morgan fingerprint density at radius 2 is 2.17 bits per heavy atom. The Bertz CT molecular complexity index is 954. The summed E-state index contributed by atoms with van der Waals surface area (Å²) in [5.41, 5.74) is 8.12. The van der Waals surface area contributed by atoms with E-state index in [1.165, 1.54) is 0 Å². The molecule has 0 fully saturated rings. The van der Waals surface area contributed by atoms with Gasteiger partial charge in [0.15, 0.2) is 0 Å². The average molecular weight is 386 g/mol. The van der Waals surface area contributed by atoms with Gasteiger partial charge < -0.3 is 15.0 Å². The van der Waals surface area contributed by atoms with Crippen molar-refractivity contribution in [1.82, 2.24) is 4.57 Å². The number of aromatic nitrogens is 1. The second-order valence-electron chi connectivity index (χ2n) is 5.59. The first-order chi connectivity index (χ1) is 11.5. The zero-order chi connectivity index (χ0) is 17.4. The number of rotatable bonds is 2. The molecule has 0 amide bonds. The molecular weight excluding hydrogens is 370 g/mol. The number of nitrogens with two attached hydrogens (primary N) is 1. The van der Waals surface area contributed by atoms with E-state index in [4.69, 9.17) is 10.5 Å². The van der Waals surface area contributed by atoms with E-state index in [0.717, 1.165) is 15.7 Å². The van der Waals surface area contributed by atoms with Crippen LogP contribution in [0.15, 0.2) is 51.1 Å². The highest BCUT2D eigenvalue weighted by molar-refractivity contribution is 9.10. The van der Waals surface area contributed by atoms with E-state index in [9.17, 15) is 10.1 Å². The highest BCUT2D eigenvalue weighted by Crippen LogP contribution is 2.40. The number of nitrogens with zero attached hydrogens (tertiary/aromatic N) is 2. The fourth-order valence-corrected chi connectivity index (χ4v) is 3.52. The van der Waals surface area contributed by atoms with E-state index in [-0.39, 0.29) is 17.0 Å². The molecule has 24 heavy (non-hydrogen) atoms. The van der Waals surface area contributed by atoms with E-state index in [2.05, 4.69) is 22.0 Å².